The molecule has 0 aromatic heterocycles. The van der Waals surface area contributed by atoms with E-state index in [1.54, 1.807) is 49.4 Å². The number of oxime groups is 1. The van der Waals surface area contributed by atoms with Crippen LogP contribution in [0.4, 0.5) is 9.18 Å². The molecule has 220 valence electrons. The number of imide groups is 1. The first-order valence-electron chi connectivity index (χ1n) is 13.1. The Hall–Kier alpha value is -4.64. The van der Waals surface area contributed by atoms with Crippen LogP contribution in [0.25, 0.3) is 0 Å². The second-order valence-electron chi connectivity index (χ2n) is 9.73. The first-order chi connectivity index (χ1) is 20.1. The monoisotopic (exact) mass is 596 g/mol. The Morgan fingerprint density at radius 1 is 1.17 bits per heavy atom. The first-order valence-corrected chi connectivity index (χ1v) is 13.5. The predicted molar refractivity (Wildman–Crippen MR) is 154 cm³/mol. The molecule has 0 unspecified atom stereocenters. The van der Waals surface area contributed by atoms with Gasteiger partial charge in [0, 0.05) is 11.6 Å². The zero-order chi connectivity index (χ0) is 30.2. The summed E-state index contributed by atoms with van der Waals surface area (Å²) in [6.07, 6.45) is 0.114. The minimum absolute atomic E-state index is 0.114. The molecule has 1 saturated heterocycles. The molecular weight excluding hydrogens is 567 g/mol. The number of amides is 3. The number of amidine groups is 1. The van der Waals surface area contributed by atoms with Crippen molar-refractivity contribution >= 4 is 35.3 Å². The number of carbonyl (C=O) groups excluding carboxylic acids is 2. The lowest BCUT2D eigenvalue weighted by Crippen LogP contribution is -2.48. The molecule has 0 saturated carbocycles. The van der Waals surface area contributed by atoms with E-state index in [0.29, 0.717) is 21.9 Å². The molecule has 1 heterocycles. The van der Waals surface area contributed by atoms with Gasteiger partial charge < -0.3 is 25.3 Å². The summed E-state index contributed by atoms with van der Waals surface area (Å²) in [4.78, 5) is 44.7. The minimum Gasteiger partial charge on any atom is -0.496 e. The third-order valence-corrected chi connectivity index (χ3v) is 6.91. The predicted octanol–water partition coefficient (Wildman–Crippen LogP) is 4.57. The lowest BCUT2D eigenvalue weighted by atomic mass is 9.97. The maximum Gasteiger partial charge on any atom is 0.325 e. The second kappa shape index (κ2) is 13.8. The van der Waals surface area contributed by atoms with Gasteiger partial charge in [0.25, 0.3) is 0 Å². The molecule has 0 bridgehead atoms. The highest BCUT2D eigenvalue weighted by molar-refractivity contribution is 6.30. The fourth-order valence-electron chi connectivity index (χ4n) is 4.45. The molecule has 4 rings (SSSR count). The number of urea groups is 1. The molecule has 3 aromatic rings. The van der Waals surface area contributed by atoms with Crippen molar-refractivity contribution in [3.8, 4) is 11.5 Å². The SMILES string of the molecule is COc1ccc(Cl)cc1C[C@@H]1CN/C(=N\Oc2ccc(F)cc2)CN(C(=O)N[C@H](C)c2ccc(CC(=O)O)cc2)C1=O. The topological polar surface area (TPSA) is 130 Å². The minimum atomic E-state index is -0.941. The Morgan fingerprint density at radius 2 is 1.88 bits per heavy atom. The Bertz CT molecular complexity index is 1470. The van der Waals surface area contributed by atoms with Crippen LogP contribution in [0.2, 0.25) is 5.02 Å². The summed E-state index contributed by atoms with van der Waals surface area (Å²) in [5, 5.41) is 19.5. The molecule has 2 atom stereocenters. The first kappa shape index (κ1) is 30.3. The number of carboxylic acids is 1. The number of aliphatic carboxylic acids is 1. The molecule has 0 radical (unpaired) electrons. The number of benzene rings is 3. The van der Waals surface area contributed by atoms with Crippen molar-refractivity contribution in [2.75, 3.05) is 20.2 Å². The normalized spacial score (nSPS) is 16.8. The third kappa shape index (κ3) is 7.97. The summed E-state index contributed by atoms with van der Waals surface area (Å²) < 4.78 is 18.7. The van der Waals surface area contributed by atoms with Crippen molar-refractivity contribution in [1.29, 1.82) is 0 Å². The van der Waals surface area contributed by atoms with Crippen LogP contribution >= 0.6 is 11.6 Å². The number of nitrogens with one attached hydrogen (secondary N) is 2. The van der Waals surface area contributed by atoms with Gasteiger partial charge in [0.15, 0.2) is 11.6 Å². The van der Waals surface area contributed by atoms with Crippen LogP contribution in [-0.2, 0) is 22.4 Å². The number of nitrogens with zero attached hydrogens (tertiary/aromatic N) is 2. The zero-order valence-corrected chi connectivity index (χ0v) is 23.7. The van der Waals surface area contributed by atoms with E-state index in [4.69, 9.17) is 26.3 Å². The van der Waals surface area contributed by atoms with E-state index >= 15 is 0 Å². The summed E-state index contributed by atoms with van der Waals surface area (Å²) in [5.74, 6) is -1.46. The molecule has 3 amide bonds. The lowest BCUT2D eigenvalue weighted by Gasteiger charge is -2.25. The number of ether oxygens (including phenoxy) is 1. The summed E-state index contributed by atoms with van der Waals surface area (Å²) in [7, 11) is 1.52. The average molecular weight is 597 g/mol. The van der Waals surface area contributed by atoms with E-state index in [9.17, 15) is 18.8 Å². The number of hydrogen-bond donors (Lipinski definition) is 3. The Balaban J connectivity index is 1.56. The van der Waals surface area contributed by atoms with E-state index in [-0.39, 0.29) is 37.5 Å². The number of halogens is 2. The van der Waals surface area contributed by atoms with Gasteiger partial charge in [-0.1, -0.05) is 41.0 Å². The Morgan fingerprint density at radius 3 is 2.55 bits per heavy atom. The van der Waals surface area contributed by atoms with Gasteiger partial charge in [-0.15, -0.1) is 0 Å². The van der Waals surface area contributed by atoms with E-state index in [1.807, 2.05) is 0 Å². The fraction of sp³-hybridized carbons (Fsp3) is 0.267. The van der Waals surface area contributed by atoms with Crippen LogP contribution in [0.5, 0.6) is 11.5 Å². The van der Waals surface area contributed by atoms with Crippen LogP contribution < -0.4 is 20.2 Å². The highest BCUT2D eigenvalue weighted by Crippen LogP contribution is 2.27. The summed E-state index contributed by atoms with van der Waals surface area (Å²) >= 11 is 6.20. The van der Waals surface area contributed by atoms with Crippen LogP contribution in [0.1, 0.15) is 29.7 Å². The van der Waals surface area contributed by atoms with Crippen LogP contribution in [0.15, 0.2) is 71.9 Å². The van der Waals surface area contributed by atoms with Gasteiger partial charge in [0.1, 0.15) is 11.6 Å². The van der Waals surface area contributed by atoms with Crippen molar-refractivity contribution in [3.05, 3.63) is 94.3 Å². The van der Waals surface area contributed by atoms with Crippen LogP contribution in [-0.4, -0.2) is 53.9 Å². The zero-order valence-electron chi connectivity index (χ0n) is 23.0. The van der Waals surface area contributed by atoms with Crippen molar-refractivity contribution in [2.45, 2.75) is 25.8 Å². The van der Waals surface area contributed by atoms with Gasteiger partial charge in [-0.05, 0) is 72.5 Å². The molecule has 1 fully saturated rings. The van der Waals surface area contributed by atoms with Gasteiger partial charge in [0.2, 0.25) is 5.91 Å². The molecule has 42 heavy (non-hydrogen) atoms. The largest absolute Gasteiger partial charge is 0.496 e. The summed E-state index contributed by atoms with van der Waals surface area (Å²) in [6.45, 7) is 1.69. The fourth-order valence-corrected chi connectivity index (χ4v) is 4.64. The van der Waals surface area contributed by atoms with Gasteiger partial charge >= 0.3 is 12.0 Å². The molecule has 3 N–H and O–H groups in total. The van der Waals surface area contributed by atoms with Crippen molar-refractivity contribution in [3.63, 3.8) is 0 Å². The standard InChI is InChI=1S/C30H30ClFN4O6/c1-18(20-5-3-19(4-6-20)13-28(37)38)34-30(40)36-17-27(35-42-25-10-8-24(32)9-11-25)33-16-22(29(36)39)14-21-15-23(31)7-12-26(21)41-2/h3-12,15,18,22H,13-14,16-17H2,1-2H3,(H,33,35)(H,34,40)(H,37,38)/t18-,22-/m1/s1. The Kier molecular flexibility index (Phi) is 9.98. The molecule has 0 aliphatic carbocycles. The summed E-state index contributed by atoms with van der Waals surface area (Å²) in [5.41, 5.74) is 2.05. The van der Waals surface area contributed by atoms with E-state index < -0.39 is 35.7 Å². The second-order valence-corrected chi connectivity index (χ2v) is 10.2. The number of carbonyl (C=O) groups is 3. The van der Waals surface area contributed by atoms with Gasteiger partial charge in [-0.25, -0.2) is 9.18 Å². The van der Waals surface area contributed by atoms with Gasteiger partial charge in [0.05, 0.1) is 32.0 Å². The molecule has 10 nitrogen and oxygen atoms in total. The average Bonchev–Trinajstić information content (AvgIpc) is 3.11. The van der Waals surface area contributed by atoms with Crippen LogP contribution in [0, 0.1) is 11.7 Å². The molecule has 3 aromatic carbocycles. The quantitative estimate of drug-likeness (QED) is 0.309. The number of hydrogen-bond acceptors (Lipinski definition) is 6. The lowest BCUT2D eigenvalue weighted by molar-refractivity contribution is -0.136. The van der Waals surface area contributed by atoms with E-state index in [0.717, 1.165) is 10.5 Å². The van der Waals surface area contributed by atoms with E-state index in [1.165, 1.54) is 31.4 Å². The third-order valence-electron chi connectivity index (χ3n) is 6.68. The molecule has 0 spiro atoms. The molecule has 1 aliphatic rings. The number of methoxy groups -OCH3 is 1. The summed E-state index contributed by atoms with van der Waals surface area (Å²) in [6, 6.07) is 16.0. The Labute approximate surface area is 247 Å². The van der Waals surface area contributed by atoms with Crippen molar-refractivity contribution in [1.82, 2.24) is 15.5 Å². The highest BCUT2D eigenvalue weighted by Gasteiger charge is 2.34. The maximum absolute atomic E-state index is 13.8. The highest BCUT2D eigenvalue weighted by atomic mass is 35.5. The number of carboxylic acid groups (broad SMARTS) is 1. The van der Waals surface area contributed by atoms with Gasteiger partial charge in [-0.3, -0.25) is 14.5 Å². The molecule has 12 heteroatoms. The van der Waals surface area contributed by atoms with Crippen molar-refractivity contribution < 1.29 is 33.5 Å². The maximum atomic E-state index is 13.8. The smallest absolute Gasteiger partial charge is 0.325 e. The molecular formula is C30H30ClFN4O6. The van der Waals surface area contributed by atoms with E-state index in [2.05, 4.69) is 15.8 Å². The van der Waals surface area contributed by atoms with Gasteiger partial charge in [-0.2, -0.15) is 0 Å². The van der Waals surface area contributed by atoms with Crippen LogP contribution in [0.3, 0.4) is 0 Å². The molecule has 1 aliphatic heterocycles. The number of rotatable bonds is 9. The van der Waals surface area contributed by atoms with Crippen molar-refractivity contribution in [2.24, 2.45) is 11.1 Å².